The van der Waals surface area contributed by atoms with E-state index in [1.165, 1.54) is 6.19 Å². The third kappa shape index (κ3) is 14.6. The number of hydrogen-bond acceptors (Lipinski definition) is 2. The summed E-state index contributed by atoms with van der Waals surface area (Å²) in [5.74, 6) is 0. The van der Waals surface area contributed by atoms with Gasteiger partial charge in [-0.2, -0.15) is 5.26 Å². The zero-order valence-corrected chi connectivity index (χ0v) is 5.71. The molecule has 20 valence electrons. The molecule has 0 saturated carbocycles. The first-order valence-electron chi connectivity index (χ1n) is 0.512. The van der Waals surface area contributed by atoms with Gasteiger partial charge in [0.2, 0.25) is 0 Å². The summed E-state index contributed by atoms with van der Waals surface area (Å²) in [5, 5.41) is 7.10. The Kier molecular flexibility index (Phi) is 20.4. The molecule has 0 bridgehead atoms. The summed E-state index contributed by atoms with van der Waals surface area (Å²) < 4.78 is 0. The Hall–Kier alpha value is 0.771. The molecule has 0 aliphatic heterocycles. The number of rotatable bonds is 0. The van der Waals surface area contributed by atoms with Crippen LogP contribution in [0, 0.1) is 11.5 Å². The van der Waals surface area contributed by atoms with E-state index in [1.807, 2.05) is 0 Å². The Balaban J connectivity index is -0.00000000667. The van der Waals surface area contributed by atoms with E-state index in [-0.39, 0.29) is 48.3 Å². The normalized spacial score (nSPS) is 1.75. The third-order valence-corrected chi connectivity index (χ3v) is 0. The average molecular weight is 132 g/mol. The number of nitrogens with zero attached hydrogens (tertiary/aromatic N) is 1. The molecule has 0 rings (SSSR count). The summed E-state index contributed by atoms with van der Waals surface area (Å²) in [6.45, 7) is 0. The van der Waals surface area contributed by atoms with Crippen LogP contribution in [0.4, 0.5) is 0 Å². The van der Waals surface area contributed by atoms with Crippen molar-refractivity contribution in [1.29, 1.82) is 5.26 Å². The molecule has 2 nitrogen and oxygen atoms in total. The van der Waals surface area contributed by atoms with Gasteiger partial charge in [-0.1, -0.05) is 0 Å². The third-order valence-electron chi connectivity index (χ3n) is 0. The predicted octanol–water partition coefficient (Wildman–Crippen LogP) is -0.730. The Morgan fingerprint density at radius 1 is 2.00 bits per heavy atom. The maximum atomic E-state index is 7.10. The van der Waals surface area contributed by atoms with Crippen molar-refractivity contribution in [3.05, 3.63) is 0 Å². The molecule has 2 N–H and O–H groups in total. The molecule has 0 aliphatic rings. The van der Waals surface area contributed by atoms with Crippen LogP contribution in [0.3, 0.4) is 0 Å². The van der Waals surface area contributed by atoms with E-state index < -0.39 is 0 Å². The molecule has 0 saturated heterocycles. The molecule has 0 amide bonds. The zero-order valence-electron chi connectivity index (χ0n) is 4.23. The molecule has 0 heterocycles. The minimum Gasteiger partial charge on any atom is -1.00 e. The fraction of sp³-hybridized carbons (Fsp3) is 0. The van der Waals surface area contributed by atoms with Crippen LogP contribution >= 0.6 is 0 Å². The van der Waals surface area contributed by atoms with E-state index in [1.54, 1.807) is 0 Å². The molecule has 4 heavy (non-hydrogen) atoms. The summed E-state index contributed by atoms with van der Waals surface area (Å²) in [6, 6.07) is 0. The van der Waals surface area contributed by atoms with Gasteiger partial charge in [0.25, 0.3) is 0 Å². The molecule has 3 heteroatoms. The predicted molar refractivity (Wildman–Crippen MR) is 17.8 cm³/mol. The van der Waals surface area contributed by atoms with Crippen molar-refractivity contribution in [3.63, 3.8) is 0 Å². The summed E-state index contributed by atoms with van der Waals surface area (Å²) in [6.07, 6.45) is 1.25. The Morgan fingerprint density at radius 2 is 2.00 bits per heavy atom. The van der Waals surface area contributed by atoms with E-state index in [2.05, 4.69) is 5.73 Å². The largest absolute Gasteiger partial charge is 2.00 e. The van der Waals surface area contributed by atoms with Gasteiger partial charge in [-0.05, 0) is 0 Å². The molecule has 0 aliphatic carbocycles. The number of nitriles is 1. The Morgan fingerprint density at radius 3 is 2.00 bits per heavy atom. The van der Waals surface area contributed by atoms with Crippen molar-refractivity contribution >= 4 is 45.5 Å². The van der Waals surface area contributed by atoms with Gasteiger partial charge in [-0.15, -0.1) is 0 Å². The second-order valence-electron chi connectivity index (χ2n) is 0.129. The van der Waals surface area contributed by atoms with Crippen molar-refractivity contribution in [1.82, 2.24) is 0 Å². The van der Waals surface area contributed by atoms with Crippen molar-refractivity contribution in [2.45, 2.75) is 0 Å². The van der Waals surface area contributed by atoms with Gasteiger partial charge in [0.1, 0.15) is 0 Å². The maximum Gasteiger partial charge on any atom is 2.00 e. The molecule has 0 radical (unpaired) electrons. The molecule has 0 aromatic heterocycles. The minimum atomic E-state index is 0. The number of nitrogens with two attached hydrogens (primary N) is 1. The molecule has 0 fully saturated rings. The van der Waals surface area contributed by atoms with Gasteiger partial charge in [0.05, 0.1) is 0 Å². The van der Waals surface area contributed by atoms with Gasteiger partial charge in [-0.25, -0.2) is 0 Å². The molecular weight excluding hydrogens is 128 g/mol. The fourth-order valence-electron chi connectivity index (χ4n) is 0. The van der Waals surface area contributed by atoms with Crippen LogP contribution in [-0.2, 0) is 0 Å². The van der Waals surface area contributed by atoms with E-state index >= 15 is 0 Å². The fourth-order valence-corrected chi connectivity index (χ4v) is 0. The van der Waals surface area contributed by atoms with E-state index in [9.17, 15) is 0 Å². The smallest absolute Gasteiger partial charge is 1.00 e. The van der Waals surface area contributed by atoms with E-state index in [4.69, 9.17) is 5.26 Å². The Labute approximate surface area is 64.8 Å². The van der Waals surface area contributed by atoms with Gasteiger partial charge < -0.3 is 8.59 Å². The Bertz CT molecular complexity index is 33.0. The SMILES string of the molecule is N#CN.[H-].[H-].[Sr+2]. The van der Waals surface area contributed by atoms with Crippen LogP contribution in [0.1, 0.15) is 2.85 Å². The van der Waals surface area contributed by atoms with Gasteiger partial charge in [0, 0.05) is 0 Å². The van der Waals surface area contributed by atoms with E-state index in [0.29, 0.717) is 0 Å². The minimum absolute atomic E-state index is 0. The van der Waals surface area contributed by atoms with Crippen molar-refractivity contribution < 1.29 is 2.85 Å². The van der Waals surface area contributed by atoms with Crippen LogP contribution in [0.25, 0.3) is 0 Å². The molecule has 0 atom stereocenters. The first-order valence-corrected chi connectivity index (χ1v) is 0.512. The van der Waals surface area contributed by atoms with E-state index in [0.717, 1.165) is 0 Å². The van der Waals surface area contributed by atoms with Crippen LogP contribution in [-0.4, -0.2) is 45.5 Å². The van der Waals surface area contributed by atoms with Gasteiger partial charge in [-0.3, -0.25) is 0 Å². The first-order chi connectivity index (χ1) is 1.41. The summed E-state index contributed by atoms with van der Waals surface area (Å²) >= 11 is 0. The van der Waals surface area contributed by atoms with Crippen LogP contribution in [0.15, 0.2) is 0 Å². The van der Waals surface area contributed by atoms with Crippen molar-refractivity contribution in [2.24, 2.45) is 5.73 Å². The van der Waals surface area contributed by atoms with Gasteiger partial charge in [0.15, 0.2) is 6.19 Å². The molecule has 0 unspecified atom stereocenters. The first kappa shape index (κ1) is 8.84. The summed E-state index contributed by atoms with van der Waals surface area (Å²) in [5.41, 5.74) is 4.15. The topological polar surface area (TPSA) is 49.8 Å². The van der Waals surface area contributed by atoms with Crippen LogP contribution in [0.5, 0.6) is 0 Å². The second-order valence-corrected chi connectivity index (χ2v) is 0.129. The monoisotopic (exact) mass is 132 g/mol. The zero-order chi connectivity index (χ0) is 2.71. The second kappa shape index (κ2) is 9.23. The summed E-state index contributed by atoms with van der Waals surface area (Å²) in [7, 11) is 0. The maximum absolute atomic E-state index is 7.10. The molecule has 0 spiro atoms. The van der Waals surface area contributed by atoms with Gasteiger partial charge >= 0.3 is 45.5 Å². The number of hydrogen-bond donors (Lipinski definition) is 1. The standard InChI is InChI=1S/CH2N2.Sr.2H/c2-1-3;;;/h2H2;;;/q;+2;2*-1. The molecule has 0 aromatic carbocycles. The molecule has 0 aromatic rings. The van der Waals surface area contributed by atoms with Crippen molar-refractivity contribution in [2.75, 3.05) is 0 Å². The summed E-state index contributed by atoms with van der Waals surface area (Å²) in [4.78, 5) is 0. The van der Waals surface area contributed by atoms with Crippen LogP contribution < -0.4 is 5.73 Å². The quantitative estimate of drug-likeness (QED) is 0.268. The van der Waals surface area contributed by atoms with Crippen LogP contribution in [0.2, 0.25) is 0 Å². The molecular formula is CH4N2Sr. The van der Waals surface area contributed by atoms with Crippen molar-refractivity contribution in [3.8, 4) is 6.19 Å². The average Bonchev–Trinajstić information content (AvgIpc) is 0.918.